The molecule has 0 spiro atoms. The van der Waals surface area contributed by atoms with Crippen LogP contribution >= 0.6 is 11.3 Å². The van der Waals surface area contributed by atoms with Crippen LogP contribution in [0.25, 0.3) is 0 Å². The molecule has 0 aliphatic heterocycles. The van der Waals surface area contributed by atoms with Crippen molar-refractivity contribution in [3.8, 4) is 6.07 Å². The third kappa shape index (κ3) is 3.30. The summed E-state index contributed by atoms with van der Waals surface area (Å²) in [6, 6.07) is 2.11. The summed E-state index contributed by atoms with van der Waals surface area (Å²) in [6.07, 6.45) is 3.72. The molecule has 1 fully saturated rings. The first-order valence-electron chi connectivity index (χ1n) is 7.21. The highest BCUT2D eigenvalue weighted by molar-refractivity contribution is 7.18. The van der Waals surface area contributed by atoms with Crippen molar-refractivity contribution in [2.75, 3.05) is 31.7 Å². The Morgan fingerprint density at radius 3 is 2.76 bits per heavy atom. The van der Waals surface area contributed by atoms with Crippen molar-refractivity contribution in [2.45, 2.75) is 26.2 Å². The molecule has 21 heavy (non-hydrogen) atoms. The van der Waals surface area contributed by atoms with E-state index in [1.807, 2.05) is 0 Å². The molecule has 2 rings (SSSR count). The fraction of sp³-hybridized carbons (Fsp3) is 0.600. The van der Waals surface area contributed by atoms with Gasteiger partial charge in [-0.3, -0.25) is 4.79 Å². The smallest absolute Gasteiger partial charge is 0.265 e. The first-order chi connectivity index (χ1) is 9.93. The van der Waals surface area contributed by atoms with Gasteiger partial charge in [0.25, 0.3) is 5.91 Å². The maximum absolute atomic E-state index is 12.1. The van der Waals surface area contributed by atoms with E-state index in [2.05, 4.69) is 18.3 Å². The van der Waals surface area contributed by atoms with Gasteiger partial charge in [-0.05, 0) is 24.7 Å². The molecule has 1 aromatic rings. The first kappa shape index (κ1) is 15.6. The summed E-state index contributed by atoms with van der Waals surface area (Å²) in [6.45, 7) is 3.12. The molecule has 1 heterocycles. The minimum Gasteiger partial charge on any atom is -0.396 e. The van der Waals surface area contributed by atoms with Crippen LogP contribution in [0.1, 0.15) is 41.4 Å². The molecule has 1 aliphatic carbocycles. The summed E-state index contributed by atoms with van der Waals surface area (Å²) in [5.74, 6) is 1.27. The van der Waals surface area contributed by atoms with Gasteiger partial charge in [0.1, 0.15) is 21.5 Å². The Labute approximate surface area is 129 Å². The average Bonchev–Trinajstić information content (AvgIpc) is 2.99. The second-order valence-corrected chi connectivity index (χ2v) is 7.05. The van der Waals surface area contributed by atoms with Crippen LogP contribution in [0.3, 0.4) is 0 Å². The fourth-order valence-electron chi connectivity index (χ4n) is 2.79. The van der Waals surface area contributed by atoms with Crippen molar-refractivity contribution < 1.29 is 4.79 Å². The molecule has 0 aromatic carbocycles. The summed E-state index contributed by atoms with van der Waals surface area (Å²) < 4.78 is 0. The normalized spacial score (nSPS) is 21.0. The van der Waals surface area contributed by atoms with Gasteiger partial charge < -0.3 is 16.0 Å². The Hall–Kier alpha value is -1.74. The molecule has 1 aromatic heterocycles. The summed E-state index contributed by atoms with van der Waals surface area (Å²) in [7, 11) is 3.36. The molecule has 2 unspecified atom stereocenters. The number of amides is 1. The third-order valence-electron chi connectivity index (χ3n) is 4.01. The number of nitrogen functional groups attached to an aromatic ring is 1. The van der Waals surface area contributed by atoms with Crippen molar-refractivity contribution in [3.63, 3.8) is 0 Å². The van der Waals surface area contributed by atoms with E-state index in [-0.39, 0.29) is 5.91 Å². The van der Waals surface area contributed by atoms with Crippen LogP contribution in [0.5, 0.6) is 0 Å². The topological polar surface area (TPSA) is 82.2 Å². The van der Waals surface area contributed by atoms with Gasteiger partial charge in [-0.1, -0.05) is 13.3 Å². The molecule has 3 N–H and O–H groups in total. The van der Waals surface area contributed by atoms with E-state index in [4.69, 9.17) is 5.73 Å². The predicted molar refractivity (Wildman–Crippen MR) is 86.5 cm³/mol. The standard InChI is InChI=1S/C15H22N4OS/c1-9-4-5-10(6-9)8-18-14-11(7-16)12(17)13(21-14)15(20)19(2)3/h9-10,18H,4-6,8,17H2,1-3H3. The number of nitrogens with one attached hydrogen (secondary N) is 1. The predicted octanol–water partition coefficient (Wildman–Crippen LogP) is 2.75. The molecule has 114 valence electrons. The second-order valence-electron chi connectivity index (χ2n) is 6.03. The Morgan fingerprint density at radius 1 is 1.52 bits per heavy atom. The van der Waals surface area contributed by atoms with Gasteiger partial charge in [0.15, 0.2) is 0 Å². The van der Waals surface area contributed by atoms with E-state index < -0.39 is 0 Å². The number of carbonyl (C=O) groups excluding carboxylic acids is 1. The lowest BCUT2D eigenvalue weighted by atomic mass is 10.1. The van der Waals surface area contributed by atoms with Crippen molar-refractivity contribution in [2.24, 2.45) is 11.8 Å². The Balaban J connectivity index is 2.14. The van der Waals surface area contributed by atoms with Crippen LogP contribution in [-0.2, 0) is 0 Å². The molecule has 2 atom stereocenters. The lowest BCUT2D eigenvalue weighted by Gasteiger charge is -2.11. The van der Waals surface area contributed by atoms with Crippen molar-refractivity contribution in [1.82, 2.24) is 4.90 Å². The van der Waals surface area contributed by atoms with Gasteiger partial charge in [-0.2, -0.15) is 5.26 Å². The summed E-state index contributed by atoms with van der Waals surface area (Å²) >= 11 is 1.28. The van der Waals surface area contributed by atoms with Crippen LogP contribution < -0.4 is 11.1 Å². The van der Waals surface area contributed by atoms with E-state index in [9.17, 15) is 10.1 Å². The summed E-state index contributed by atoms with van der Waals surface area (Å²) in [4.78, 5) is 14.0. The number of hydrogen-bond acceptors (Lipinski definition) is 5. The molecule has 1 amide bonds. The maximum Gasteiger partial charge on any atom is 0.265 e. The largest absolute Gasteiger partial charge is 0.396 e. The lowest BCUT2D eigenvalue weighted by molar-refractivity contribution is 0.0833. The lowest BCUT2D eigenvalue weighted by Crippen LogP contribution is -2.21. The quantitative estimate of drug-likeness (QED) is 0.896. The number of nitrogens with two attached hydrogens (primary N) is 1. The molecule has 5 nitrogen and oxygen atoms in total. The van der Waals surface area contributed by atoms with E-state index in [1.54, 1.807) is 14.1 Å². The van der Waals surface area contributed by atoms with Crippen molar-refractivity contribution in [3.05, 3.63) is 10.4 Å². The molecule has 0 radical (unpaired) electrons. The number of rotatable bonds is 4. The Bertz CT molecular complexity index is 573. The fourth-order valence-corrected chi connectivity index (χ4v) is 3.89. The Kier molecular flexibility index (Phi) is 4.73. The van der Waals surface area contributed by atoms with Gasteiger partial charge in [0.2, 0.25) is 0 Å². The van der Waals surface area contributed by atoms with Crippen LogP contribution in [0.15, 0.2) is 0 Å². The molecule has 0 bridgehead atoms. The highest BCUT2D eigenvalue weighted by Gasteiger charge is 2.24. The molecule has 1 saturated carbocycles. The molecule has 6 heteroatoms. The molecule has 0 saturated heterocycles. The number of thiophene rings is 1. The number of anilines is 2. The summed E-state index contributed by atoms with van der Waals surface area (Å²) in [5.41, 5.74) is 6.65. The van der Waals surface area contributed by atoms with Crippen molar-refractivity contribution >= 4 is 27.9 Å². The van der Waals surface area contributed by atoms with Crippen LogP contribution in [0.2, 0.25) is 0 Å². The minimum absolute atomic E-state index is 0.156. The van der Waals surface area contributed by atoms with E-state index in [0.717, 1.165) is 17.5 Å². The van der Waals surface area contributed by atoms with Gasteiger partial charge in [0.05, 0.1) is 5.69 Å². The van der Waals surface area contributed by atoms with E-state index in [0.29, 0.717) is 22.0 Å². The maximum atomic E-state index is 12.1. The van der Waals surface area contributed by atoms with Gasteiger partial charge in [-0.25, -0.2) is 0 Å². The average molecular weight is 306 g/mol. The van der Waals surface area contributed by atoms with Gasteiger partial charge >= 0.3 is 0 Å². The van der Waals surface area contributed by atoms with Crippen LogP contribution in [0, 0.1) is 23.2 Å². The second kappa shape index (κ2) is 6.35. The zero-order valence-corrected chi connectivity index (χ0v) is 13.6. The monoisotopic (exact) mass is 306 g/mol. The molecular weight excluding hydrogens is 284 g/mol. The molecular formula is C15H22N4OS. The van der Waals surface area contributed by atoms with Gasteiger partial charge in [0, 0.05) is 20.6 Å². The van der Waals surface area contributed by atoms with E-state index >= 15 is 0 Å². The zero-order chi connectivity index (χ0) is 15.6. The van der Waals surface area contributed by atoms with Crippen LogP contribution in [0.4, 0.5) is 10.7 Å². The third-order valence-corrected chi connectivity index (χ3v) is 5.16. The Morgan fingerprint density at radius 2 is 2.24 bits per heavy atom. The SMILES string of the molecule is CC1CCC(CNc2sc(C(=O)N(C)C)c(N)c2C#N)C1. The van der Waals surface area contributed by atoms with Crippen molar-refractivity contribution in [1.29, 1.82) is 5.26 Å². The number of carbonyl (C=O) groups is 1. The minimum atomic E-state index is -0.156. The number of hydrogen-bond donors (Lipinski definition) is 2. The number of nitrogens with zero attached hydrogens (tertiary/aromatic N) is 2. The highest BCUT2D eigenvalue weighted by Crippen LogP contribution is 2.37. The first-order valence-corrected chi connectivity index (χ1v) is 8.03. The zero-order valence-electron chi connectivity index (χ0n) is 12.8. The van der Waals surface area contributed by atoms with Gasteiger partial charge in [-0.15, -0.1) is 11.3 Å². The summed E-state index contributed by atoms with van der Waals surface area (Å²) in [5, 5.41) is 13.3. The number of nitriles is 1. The van der Waals surface area contributed by atoms with Crippen LogP contribution in [-0.4, -0.2) is 31.4 Å². The van der Waals surface area contributed by atoms with E-state index in [1.165, 1.54) is 35.5 Å². The highest BCUT2D eigenvalue weighted by atomic mass is 32.1. The molecule has 1 aliphatic rings.